The Bertz CT molecular complexity index is 1150. The Hall–Kier alpha value is -2.56. The fourth-order valence-corrected chi connectivity index (χ4v) is 6.12. The van der Waals surface area contributed by atoms with Crippen LogP contribution in [-0.2, 0) is 21.4 Å². The highest BCUT2D eigenvalue weighted by Crippen LogP contribution is 2.27. The molecule has 3 heterocycles. The fraction of sp³-hybridized carbons (Fsp3) is 0.381. The van der Waals surface area contributed by atoms with Crippen molar-refractivity contribution in [2.75, 3.05) is 13.1 Å². The minimum Gasteiger partial charge on any atom is -0.454 e. The molecule has 0 N–H and O–H groups in total. The summed E-state index contributed by atoms with van der Waals surface area (Å²) < 4.78 is 38.1. The summed E-state index contributed by atoms with van der Waals surface area (Å²) in [5.74, 6) is 0.514. The van der Waals surface area contributed by atoms with Crippen LogP contribution in [0.15, 0.2) is 50.5 Å². The maximum Gasteiger partial charge on any atom is 0.338 e. The maximum absolute atomic E-state index is 13.1. The van der Waals surface area contributed by atoms with Gasteiger partial charge in [0.2, 0.25) is 15.8 Å². The molecule has 10 heteroatoms. The highest BCUT2D eigenvalue weighted by Gasteiger charge is 2.32. The van der Waals surface area contributed by atoms with E-state index < -0.39 is 16.0 Å². The number of benzene rings is 1. The standard InChI is InChI=1S/C21H23N3O5S2/c1-14-8-15(2)11-24(10-14)31(26,27)18-5-3-4-16(9-18)21(25)28-12-19-22-20(29-23-19)17-6-7-30-13-17/h3-7,9,13-15H,8,10-12H2,1-2H3. The Morgan fingerprint density at radius 3 is 2.74 bits per heavy atom. The summed E-state index contributed by atoms with van der Waals surface area (Å²) in [4.78, 5) is 16.8. The zero-order chi connectivity index (χ0) is 22.0. The number of carbonyl (C=O) groups is 1. The molecule has 164 valence electrons. The van der Waals surface area contributed by atoms with Crippen molar-refractivity contribution in [2.45, 2.75) is 31.8 Å². The molecule has 0 bridgehead atoms. The van der Waals surface area contributed by atoms with Gasteiger partial charge in [0.25, 0.3) is 5.89 Å². The van der Waals surface area contributed by atoms with Crippen molar-refractivity contribution in [1.29, 1.82) is 0 Å². The number of hydrogen-bond donors (Lipinski definition) is 0. The normalized spacial score (nSPS) is 19.9. The summed E-state index contributed by atoms with van der Waals surface area (Å²) >= 11 is 1.51. The molecule has 0 saturated carbocycles. The van der Waals surface area contributed by atoms with Gasteiger partial charge in [-0.1, -0.05) is 25.1 Å². The minimum atomic E-state index is -3.69. The largest absolute Gasteiger partial charge is 0.454 e. The van der Waals surface area contributed by atoms with Crippen LogP contribution in [0.3, 0.4) is 0 Å². The second kappa shape index (κ2) is 8.89. The van der Waals surface area contributed by atoms with Gasteiger partial charge in [-0.3, -0.25) is 0 Å². The lowest BCUT2D eigenvalue weighted by atomic mass is 9.94. The Labute approximate surface area is 184 Å². The van der Waals surface area contributed by atoms with Gasteiger partial charge in [0.1, 0.15) is 0 Å². The average Bonchev–Trinajstić information content (AvgIpc) is 3.43. The molecule has 1 saturated heterocycles. The van der Waals surface area contributed by atoms with Gasteiger partial charge in [0.05, 0.1) is 16.0 Å². The first-order valence-corrected chi connectivity index (χ1v) is 12.3. The molecule has 4 rings (SSSR count). The van der Waals surface area contributed by atoms with Gasteiger partial charge >= 0.3 is 5.97 Å². The molecule has 2 atom stereocenters. The summed E-state index contributed by atoms with van der Waals surface area (Å²) in [5, 5.41) is 7.58. The first-order chi connectivity index (χ1) is 14.8. The highest BCUT2D eigenvalue weighted by molar-refractivity contribution is 7.89. The lowest BCUT2D eigenvalue weighted by Gasteiger charge is -2.34. The van der Waals surface area contributed by atoms with E-state index in [0.29, 0.717) is 30.8 Å². The van der Waals surface area contributed by atoms with Crippen LogP contribution in [0.4, 0.5) is 0 Å². The van der Waals surface area contributed by atoms with E-state index in [-0.39, 0.29) is 22.9 Å². The Kier molecular flexibility index (Phi) is 6.22. The number of nitrogens with zero attached hydrogens (tertiary/aromatic N) is 3. The van der Waals surface area contributed by atoms with Crippen LogP contribution in [0.25, 0.3) is 11.5 Å². The van der Waals surface area contributed by atoms with E-state index in [4.69, 9.17) is 9.26 Å². The summed E-state index contributed by atoms with van der Waals surface area (Å²) in [7, 11) is -3.69. The highest BCUT2D eigenvalue weighted by atomic mass is 32.2. The summed E-state index contributed by atoms with van der Waals surface area (Å²) in [5.41, 5.74) is 0.954. The lowest BCUT2D eigenvalue weighted by molar-refractivity contribution is 0.0459. The van der Waals surface area contributed by atoms with Crippen molar-refractivity contribution >= 4 is 27.3 Å². The van der Waals surface area contributed by atoms with Crippen LogP contribution in [0.1, 0.15) is 36.5 Å². The first-order valence-electron chi connectivity index (χ1n) is 9.95. The van der Waals surface area contributed by atoms with Crippen molar-refractivity contribution in [3.63, 3.8) is 0 Å². The molecule has 1 aromatic carbocycles. The number of piperidine rings is 1. The number of carbonyl (C=O) groups excluding carboxylic acids is 1. The van der Waals surface area contributed by atoms with Crippen LogP contribution in [-0.4, -0.2) is 41.9 Å². The van der Waals surface area contributed by atoms with Crippen LogP contribution in [0.5, 0.6) is 0 Å². The monoisotopic (exact) mass is 461 g/mol. The molecular formula is C21H23N3O5S2. The summed E-state index contributed by atoms with van der Waals surface area (Å²) in [6, 6.07) is 7.78. The van der Waals surface area contributed by atoms with Gasteiger partial charge in [-0.05, 0) is 47.9 Å². The number of thiophene rings is 1. The van der Waals surface area contributed by atoms with Crippen LogP contribution >= 0.6 is 11.3 Å². The number of ether oxygens (including phenoxy) is 1. The second-order valence-corrected chi connectivity index (χ2v) is 10.6. The van der Waals surface area contributed by atoms with E-state index in [1.165, 1.54) is 33.8 Å². The van der Waals surface area contributed by atoms with Gasteiger partial charge in [-0.2, -0.15) is 20.6 Å². The van der Waals surface area contributed by atoms with E-state index in [2.05, 4.69) is 10.1 Å². The summed E-state index contributed by atoms with van der Waals surface area (Å²) in [6.45, 7) is 4.88. The Morgan fingerprint density at radius 2 is 2.03 bits per heavy atom. The Balaban J connectivity index is 1.44. The van der Waals surface area contributed by atoms with Crippen molar-refractivity contribution in [1.82, 2.24) is 14.4 Å². The van der Waals surface area contributed by atoms with Gasteiger partial charge in [0, 0.05) is 18.5 Å². The van der Waals surface area contributed by atoms with Gasteiger partial charge in [-0.15, -0.1) is 0 Å². The molecule has 0 amide bonds. The van der Waals surface area contributed by atoms with Crippen LogP contribution in [0, 0.1) is 11.8 Å². The number of hydrogen-bond acceptors (Lipinski definition) is 8. The SMILES string of the molecule is CC1CC(C)CN(S(=O)(=O)c2cccc(C(=O)OCc3noc(-c4ccsc4)n3)c2)C1. The van der Waals surface area contributed by atoms with Crippen LogP contribution in [0.2, 0.25) is 0 Å². The average molecular weight is 462 g/mol. The first kappa shape index (κ1) is 21.7. The molecule has 1 aliphatic heterocycles. The van der Waals surface area contributed by atoms with E-state index in [1.54, 1.807) is 6.07 Å². The Morgan fingerprint density at radius 1 is 1.26 bits per heavy atom. The zero-order valence-corrected chi connectivity index (χ0v) is 18.9. The second-order valence-electron chi connectivity index (χ2n) is 7.90. The smallest absolute Gasteiger partial charge is 0.338 e. The molecule has 2 aromatic heterocycles. The molecule has 1 fully saturated rings. The number of aromatic nitrogens is 2. The predicted molar refractivity (Wildman–Crippen MR) is 115 cm³/mol. The van der Waals surface area contributed by atoms with Crippen molar-refractivity contribution in [3.8, 4) is 11.5 Å². The number of rotatable bonds is 6. The molecule has 8 nitrogen and oxygen atoms in total. The maximum atomic E-state index is 13.1. The van der Waals surface area contributed by atoms with Gasteiger partial charge < -0.3 is 9.26 Å². The third-order valence-corrected chi connectivity index (χ3v) is 7.62. The molecule has 3 aromatic rings. The van der Waals surface area contributed by atoms with Gasteiger partial charge in [0.15, 0.2) is 6.61 Å². The van der Waals surface area contributed by atoms with E-state index in [1.807, 2.05) is 30.7 Å². The van der Waals surface area contributed by atoms with Crippen molar-refractivity contribution < 1.29 is 22.5 Å². The number of sulfonamides is 1. The van der Waals surface area contributed by atoms with E-state index in [0.717, 1.165) is 12.0 Å². The molecule has 1 aliphatic rings. The third kappa shape index (κ3) is 4.86. The summed E-state index contributed by atoms with van der Waals surface area (Å²) in [6.07, 6.45) is 1.00. The van der Waals surface area contributed by atoms with Gasteiger partial charge in [-0.25, -0.2) is 13.2 Å². The predicted octanol–water partition coefficient (Wildman–Crippen LogP) is 3.82. The molecule has 0 aliphatic carbocycles. The van der Waals surface area contributed by atoms with Crippen LogP contribution < -0.4 is 0 Å². The zero-order valence-electron chi connectivity index (χ0n) is 17.2. The minimum absolute atomic E-state index is 0.0857. The molecule has 0 spiro atoms. The van der Waals surface area contributed by atoms with E-state index >= 15 is 0 Å². The molecule has 0 radical (unpaired) electrons. The number of esters is 1. The van der Waals surface area contributed by atoms with Crippen molar-refractivity contribution in [3.05, 3.63) is 52.5 Å². The lowest BCUT2D eigenvalue weighted by Crippen LogP contribution is -2.42. The molecule has 2 unspecified atom stereocenters. The topological polar surface area (TPSA) is 103 Å². The van der Waals surface area contributed by atoms with E-state index in [9.17, 15) is 13.2 Å². The quantitative estimate of drug-likeness (QED) is 0.514. The molecule has 31 heavy (non-hydrogen) atoms. The third-order valence-electron chi connectivity index (χ3n) is 5.11. The molecular weight excluding hydrogens is 438 g/mol. The van der Waals surface area contributed by atoms with Crippen molar-refractivity contribution in [2.24, 2.45) is 11.8 Å². The fourth-order valence-electron chi connectivity index (χ4n) is 3.76.